The van der Waals surface area contributed by atoms with Crippen molar-refractivity contribution < 1.29 is 17.9 Å². The number of aromatic nitrogens is 2. The molecule has 1 N–H and O–H groups in total. The Balaban J connectivity index is 1.71. The van der Waals surface area contributed by atoms with Gasteiger partial charge in [-0.1, -0.05) is 0 Å². The summed E-state index contributed by atoms with van der Waals surface area (Å²) in [4.78, 5) is 22.3. The van der Waals surface area contributed by atoms with Gasteiger partial charge in [-0.2, -0.15) is 0 Å². The van der Waals surface area contributed by atoms with Crippen LogP contribution in [0.1, 0.15) is 29.8 Å². The van der Waals surface area contributed by atoms with Crippen LogP contribution in [0.2, 0.25) is 0 Å². The fraction of sp³-hybridized carbons (Fsp3) is 0.667. The minimum Gasteiger partial charge on any atom is -0.377 e. The Bertz CT molecular complexity index is 697. The van der Waals surface area contributed by atoms with Crippen LogP contribution >= 0.6 is 0 Å². The highest BCUT2D eigenvalue weighted by Crippen LogP contribution is 2.43. The zero-order chi connectivity index (χ0) is 17.2. The van der Waals surface area contributed by atoms with Crippen LogP contribution in [0.4, 0.5) is 0 Å². The molecule has 2 aliphatic rings. The molecule has 24 heavy (non-hydrogen) atoms. The predicted octanol–water partition coefficient (Wildman–Crippen LogP) is 0.0371. The van der Waals surface area contributed by atoms with Crippen molar-refractivity contribution in [1.82, 2.24) is 19.6 Å². The van der Waals surface area contributed by atoms with Crippen molar-refractivity contribution in [2.24, 2.45) is 5.41 Å². The Morgan fingerprint density at radius 2 is 2.38 bits per heavy atom. The summed E-state index contributed by atoms with van der Waals surface area (Å²) in [6.07, 6.45) is 6.39. The molecule has 0 aliphatic carbocycles. The van der Waals surface area contributed by atoms with Crippen LogP contribution in [0, 0.1) is 5.41 Å². The maximum atomic E-state index is 12.6. The van der Waals surface area contributed by atoms with E-state index in [1.807, 2.05) is 0 Å². The summed E-state index contributed by atoms with van der Waals surface area (Å²) in [5.41, 5.74) is 0.185. The lowest BCUT2D eigenvalue weighted by molar-refractivity contribution is -0.0159. The van der Waals surface area contributed by atoms with Gasteiger partial charge in [-0.3, -0.25) is 4.79 Å². The number of nitrogens with zero attached hydrogens (tertiary/aromatic N) is 3. The van der Waals surface area contributed by atoms with E-state index in [0.29, 0.717) is 38.4 Å². The van der Waals surface area contributed by atoms with E-state index in [1.54, 1.807) is 17.2 Å². The summed E-state index contributed by atoms with van der Waals surface area (Å²) < 4.78 is 31.0. The zero-order valence-electron chi connectivity index (χ0n) is 13.6. The summed E-state index contributed by atoms with van der Waals surface area (Å²) >= 11 is 0. The molecule has 1 amide bonds. The first-order valence-corrected chi connectivity index (χ1v) is 9.90. The Morgan fingerprint density at radius 3 is 3.08 bits per heavy atom. The van der Waals surface area contributed by atoms with Gasteiger partial charge < -0.3 is 9.64 Å². The van der Waals surface area contributed by atoms with E-state index >= 15 is 0 Å². The third-order valence-corrected chi connectivity index (χ3v) is 5.57. The average Bonchev–Trinajstić information content (AvgIpc) is 2.96. The third-order valence-electron chi connectivity index (χ3n) is 4.84. The number of nitrogens with one attached hydrogen (secondary N) is 1. The van der Waals surface area contributed by atoms with Crippen molar-refractivity contribution in [3.05, 3.63) is 24.3 Å². The molecule has 2 fully saturated rings. The maximum absolute atomic E-state index is 12.6. The van der Waals surface area contributed by atoms with Crippen LogP contribution in [0.15, 0.2) is 18.6 Å². The summed E-state index contributed by atoms with van der Waals surface area (Å²) in [6, 6.07) is 1.61. The summed E-state index contributed by atoms with van der Waals surface area (Å²) in [5, 5.41) is 0. The van der Waals surface area contributed by atoms with Gasteiger partial charge in [0, 0.05) is 37.9 Å². The number of sulfonamides is 1. The van der Waals surface area contributed by atoms with E-state index in [9.17, 15) is 13.2 Å². The van der Waals surface area contributed by atoms with Crippen molar-refractivity contribution in [2.45, 2.75) is 25.4 Å². The highest BCUT2D eigenvalue weighted by atomic mass is 32.2. The predicted molar refractivity (Wildman–Crippen MR) is 86.8 cm³/mol. The van der Waals surface area contributed by atoms with Gasteiger partial charge in [0.25, 0.3) is 5.91 Å². The van der Waals surface area contributed by atoms with Crippen molar-refractivity contribution in [1.29, 1.82) is 0 Å². The highest BCUT2D eigenvalue weighted by Gasteiger charge is 2.48. The molecule has 0 aromatic carbocycles. The molecule has 0 radical (unpaired) electrons. The molecule has 0 bridgehead atoms. The molecule has 8 nitrogen and oxygen atoms in total. The smallest absolute Gasteiger partial charge is 0.272 e. The SMILES string of the molecule is CS(=O)(=O)NCC[C@]12CCO[C@H]1CCN(C(=O)c1ccncn1)C2. The Hall–Kier alpha value is -1.58. The molecule has 3 rings (SSSR count). The molecule has 0 spiro atoms. The lowest BCUT2D eigenvalue weighted by Gasteiger charge is -2.43. The first-order chi connectivity index (χ1) is 11.4. The Kier molecular flexibility index (Phi) is 4.84. The van der Waals surface area contributed by atoms with E-state index in [-0.39, 0.29) is 17.4 Å². The molecule has 2 saturated heterocycles. The standard InChI is InChI=1S/C15H22N4O4S/c1-24(21,22)18-7-4-15-5-9-23-13(15)3-8-19(10-15)14(20)12-2-6-16-11-17-12/h2,6,11,13,18H,3-5,7-10H2,1H3/t13-,15+/m0/s1. The van der Waals surface area contributed by atoms with Gasteiger partial charge in [0.1, 0.15) is 12.0 Å². The number of carbonyl (C=O) groups is 1. The Morgan fingerprint density at radius 1 is 1.54 bits per heavy atom. The number of hydrogen-bond acceptors (Lipinski definition) is 6. The quantitative estimate of drug-likeness (QED) is 0.801. The number of ether oxygens (including phenoxy) is 1. The number of carbonyl (C=O) groups excluding carboxylic acids is 1. The van der Waals surface area contributed by atoms with Gasteiger partial charge in [0.2, 0.25) is 10.0 Å². The second-order valence-corrected chi connectivity index (χ2v) is 8.33. The number of hydrogen-bond donors (Lipinski definition) is 1. The minimum atomic E-state index is -3.22. The normalized spacial score (nSPS) is 27.0. The molecular weight excluding hydrogens is 332 g/mol. The summed E-state index contributed by atoms with van der Waals surface area (Å²) in [6.45, 7) is 2.19. The van der Waals surface area contributed by atoms with Crippen LogP contribution in [0.5, 0.6) is 0 Å². The largest absolute Gasteiger partial charge is 0.377 e. The first-order valence-electron chi connectivity index (χ1n) is 8.01. The van der Waals surface area contributed by atoms with Crippen molar-refractivity contribution in [3.8, 4) is 0 Å². The van der Waals surface area contributed by atoms with Gasteiger partial charge in [-0.15, -0.1) is 0 Å². The monoisotopic (exact) mass is 354 g/mol. The van der Waals surface area contributed by atoms with Gasteiger partial charge in [-0.25, -0.2) is 23.1 Å². The van der Waals surface area contributed by atoms with Gasteiger partial charge in [-0.05, 0) is 25.3 Å². The molecule has 1 aromatic heterocycles. The molecule has 3 heterocycles. The van der Waals surface area contributed by atoms with Crippen LogP contribution in [0.25, 0.3) is 0 Å². The van der Waals surface area contributed by atoms with E-state index < -0.39 is 10.0 Å². The highest BCUT2D eigenvalue weighted by molar-refractivity contribution is 7.88. The fourth-order valence-electron chi connectivity index (χ4n) is 3.65. The molecular formula is C15H22N4O4S. The van der Waals surface area contributed by atoms with Gasteiger partial charge >= 0.3 is 0 Å². The lowest BCUT2D eigenvalue weighted by Crippen LogP contribution is -2.52. The molecule has 2 atom stereocenters. The number of rotatable bonds is 5. The fourth-order valence-corrected chi connectivity index (χ4v) is 4.12. The lowest BCUT2D eigenvalue weighted by atomic mass is 9.74. The van der Waals surface area contributed by atoms with E-state index in [0.717, 1.165) is 19.1 Å². The number of likely N-dealkylation sites (tertiary alicyclic amines) is 1. The molecule has 0 unspecified atom stereocenters. The van der Waals surface area contributed by atoms with Crippen molar-refractivity contribution in [2.75, 3.05) is 32.5 Å². The second-order valence-electron chi connectivity index (χ2n) is 6.50. The van der Waals surface area contributed by atoms with E-state index in [1.165, 1.54) is 6.33 Å². The Labute approximate surface area is 141 Å². The summed E-state index contributed by atoms with van der Waals surface area (Å²) in [5.74, 6) is -0.113. The number of piperidine rings is 1. The van der Waals surface area contributed by atoms with E-state index in [2.05, 4.69) is 14.7 Å². The van der Waals surface area contributed by atoms with Crippen LogP contribution in [-0.4, -0.2) is 67.8 Å². The average molecular weight is 354 g/mol. The van der Waals surface area contributed by atoms with Crippen LogP contribution < -0.4 is 4.72 Å². The summed E-state index contributed by atoms with van der Waals surface area (Å²) in [7, 11) is -3.22. The topological polar surface area (TPSA) is 101 Å². The number of fused-ring (bicyclic) bond motifs is 1. The number of amides is 1. The van der Waals surface area contributed by atoms with Crippen molar-refractivity contribution >= 4 is 15.9 Å². The van der Waals surface area contributed by atoms with Gasteiger partial charge in [0.05, 0.1) is 12.4 Å². The van der Waals surface area contributed by atoms with Crippen LogP contribution in [-0.2, 0) is 14.8 Å². The minimum absolute atomic E-state index is 0.0771. The second kappa shape index (κ2) is 6.73. The van der Waals surface area contributed by atoms with Crippen LogP contribution in [0.3, 0.4) is 0 Å². The molecule has 2 aliphatic heterocycles. The molecule has 0 saturated carbocycles. The first kappa shape index (κ1) is 17.2. The zero-order valence-corrected chi connectivity index (χ0v) is 14.5. The molecule has 1 aromatic rings. The van der Waals surface area contributed by atoms with E-state index in [4.69, 9.17) is 4.74 Å². The molecule has 9 heteroatoms. The van der Waals surface area contributed by atoms with Gasteiger partial charge in [0.15, 0.2) is 0 Å². The van der Waals surface area contributed by atoms with Crippen molar-refractivity contribution in [3.63, 3.8) is 0 Å². The molecule has 132 valence electrons. The maximum Gasteiger partial charge on any atom is 0.272 e. The third kappa shape index (κ3) is 3.73.